The minimum Gasteiger partial charge on any atom is -0.378 e. The van der Waals surface area contributed by atoms with E-state index in [4.69, 9.17) is 4.74 Å². The average molecular weight is 355 g/mol. The fraction of sp³-hybridized carbons (Fsp3) is 0.316. The molecule has 25 heavy (non-hydrogen) atoms. The zero-order chi connectivity index (χ0) is 17.1. The van der Waals surface area contributed by atoms with E-state index in [1.807, 2.05) is 11.0 Å². The number of fused-ring (bicyclic) bond motifs is 1. The molecular weight excluding hydrogens is 334 g/mol. The number of aromatic nitrogens is 1. The van der Waals surface area contributed by atoms with Gasteiger partial charge in [0, 0.05) is 47.5 Å². The number of ether oxygens (including phenoxy) is 1. The van der Waals surface area contributed by atoms with Gasteiger partial charge in [-0.3, -0.25) is 0 Å². The van der Waals surface area contributed by atoms with Crippen LogP contribution in [0, 0.1) is 0 Å². The number of thiophene rings is 1. The molecule has 1 aliphatic rings. The van der Waals surface area contributed by atoms with Crippen molar-refractivity contribution in [2.24, 2.45) is 0 Å². The van der Waals surface area contributed by atoms with Gasteiger partial charge in [-0.15, -0.1) is 11.3 Å². The van der Waals surface area contributed by atoms with Crippen LogP contribution in [-0.4, -0.2) is 48.8 Å². The van der Waals surface area contributed by atoms with Crippen LogP contribution in [0.4, 0.5) is 4.79 Å². The summed E-state index contributed by atoms with van der Waals surface area (Å²) < 4.78 is 5.32. The lowest BCUT2D eigenvalue weighted by Crippen LogP contribution is -2.47. The number of carbonyl (C=O) groups excluding carboxylic acids is 1. The number of aromatic amines is 1. The zero-order valence-electron chi connectivity index (χ0n) is 13.9. The van der Waals surface area contributed by atoms with Crippen LogP contribution in [0.1, 0.15) is 16.4 Å². The minimum atomic E-state index is -0.00954. The second-order valence-corrected chi connectivity index (χ2v) is 7.12. The van der Waals surface area contributed by atoms with Crippen molar-refractivity contribution in [1.82, 2.24) is 15.2 Å². The summed E-state index contributed by atoms with van der Waals surface area (Å²) in [6, 6.07) is 12.5. The Balaban J connectivity index is 1.56. The maximum absolute atomic E-state index is 12.5. The molecular formula is C19H21N3O2S. The highest BCUT2D eigenvalue weighted by molar-refractivity contribution is 7.10. The Morgan fingerprint density at radius 1 is 1.24 bits per heavy atom. The normalized spacial score (nSPS) is 16.1. The zero-order valence-corrected chi connectivity index (χ0v) is 14.7. The fourth-order valence-corrected chi connectivity index (χ4v) is 4.15. The van der Waals surface area contributed by atoms with E-state index in [-0.39, 0.29) is 11.9 Å². The molecule has 0 bridgehead atoms. The highest BCUT2D eigenvalue weighted by Crippen LogP contribution is 2.32. The second kappa shape index (κ2) is 7.29. The van der Waals surface area contributed by atoms with Crippen LogP contribution in [-0.2, 0) is 4.74 Å². The van der Waals surface area contributed by atoms with Crippen molar-refractivity contribution in [3.63, 3.8) is 0 Å². The van der Waals surface area contributed by atoms with Crippen molar-refractivity contribution in [2.75, 3.05) is 32.8 Å². The number of rotatable bonds is 4. The Bertz CT molecular complexity index is 837. The van der Waals surface area contributed by atoms with E-state index in [1.165, 1.54) is 15.8 Å². The molecule has 3 aromatic rings. The highest BCUT2D eigenvalue weighted by Gasteiger charge is 2.22. The quantitative estimate of drug-likeness (QED) is 0.754. The van der Waals surface area contributed by atoms with Gasteiger partial charge in [0.25, 0.3) is 0 Å². The van der Waals surface area contributed by atoms with Crippen LogP contribution in [0.2, 0.25) is 0 Å². The number of nitrogens with one attached hydrogen (secondary N) is 2. The largest absolute Gasteiger partial charge is 0.378 e. The van der Waals surface area contributed by atoms with Gasteiger partial charge < -0.3 is 19.9 Å². The van der Waals surface area contributed by atoms with Crippen molar-refractivity contribution in [3.05, 3.63) is 58.4 Å². The van der Waals surface area contributed by atoms with Crippen LogP contribution in [0.5, 0.6) is 0 Å². The first-order valence-electron chi connectivity index (χ1n) is 8.53. The molecule has 0 aliphatic carbocycles. The van der Waals surface area contributed by atoms with Gasteiger partial charge in [0.1, 0.15) is 0 Å². The van der Waals surface area contributed by atoms with Gasteiger partial charge in [-0.25, -0.2) is 4.79 Å². The third kappa shape index (κ3) is 3.41. The molecule has 0 spiro atoms. The monoisotopic (exact) mass is 355 g/mol. The summed E-state index contributed by atoms with van der Waals surface area (Å²) in [5.41, 5.74) is 2.35. The number of hydrogen-bond donors (Lipinski definition) is 2. The predicted octanol–water partition coefficient (Wildman–Crippen LogP) is 3.40. The van der Waals surface area contributed by atoms with Gasteiger partial charge in [0.2, 0.25) is 0 Å². The van der Waals surface area contributed by atoms with Crippen LogP contribution in [0.15, 0.2) is 48.0 Å². The van der Waals surface area contributed by atoms with Gasteiger partial charge in [0.05, 0.1) is 13.2 Å². The first-order chi connectivity index (χ1) is 12.3. The first-order valence-corrected chi connectivity index (χ1v) is 9.41. The van der Waals surface area contributed by atoms with Gasteiger partial charge in [-0.05, 0) is 23.1 Å². The van der Waals surface area contributed by atoms with E-state index in [1.54, 1.807) is 11.3 Å². The molecule has 130 valence electrons. The lowest BCUT2D eigenvalue weighted by atomic mass is 9.97. The van der Waals surface area contributed by atoms with E-state index in [2.05, 4.69) is 52.2 Å². The molecule has 1 aliphatic heterocycles. The number of hydrogen-bond acceptors (Lipinski definition) is 3. The number of morpholine rings is 1. The van der Waals surface area contributed by atoms with Gasteiger partial charge in [0.15, 0.2) is 0 Å². The van der Waals surface area contributed by atoms with Gasteiger partial charge >= 0.3 is 6.03 Å². The van der Waals surface area contributed by atoms with Crippen molar-refractivity contribution < 1.29 is 9.53 Å². The maximum atomic E-state index is 12.5. The third-order valence-corrected chi connectivity index (χ3v) is 5.62. The molecule has 2 N–H and O–H groups in total. The summed E-state index contributed by atoms with van der Waals surface area (Å²) >= 11 is 1.73. The average Bonchev–Trinajstić information content (AvgIpc) is 3.33. The molecule has 4 rings (SSSR count). The lowest BCUT2D eigenvalue weighted by molar-refractivity contribution is 0.0532. The fourth-order valence-electron chi connectivity index (χ4n) is 3.30. The third-order valence-electron chi connectivity index (χ3n) is 4.64. The van der Waals surface area contributed by atoms with E-state index < -0.39 is 0 Å². The standard InChI is InChI=1S/C19H21N3O2S/c23-19(22-7-9-24-10-8-22)21-13-16(18-6-3-11-25-18)15-12-20-17-5-2-1-4-14(15)17/h1-6,11-12,16,20H,7-10,13H2,(H,21,23)/t16-/m1/s1. The molecule has 1 saturated heterocycles. The number of amides is 2. The molecule has 1 atom stereocenters. The molecule has 1 fully saturated rings. The molecule has 6 heteroatoms. The van der Waals surface area contributed by atoms with Gasteiger partial charge in [-0.2, -0.15) is 0 Å². The SMILES string of the molecule is O=C(NC[C@@H](c1cccs1)c1c[nH]c2ccccc12)N1CCOCC1. The number of para-hydroxylation sites is 1. The summed E-state index contributed by atoms with van der Waals surface area (Å²) in [5, 5.41) is 6.41. The molecule has 3 heterocycles. The summed E-state index contributed by atoms with van der Waals surface area (Å²) in [7, 11) is 0. The summed E-state index contributed by atoms with van der Waals surface area (Å²) in [4.78, 5) is 18.9. The van der Waals surface area contributed by atoms with Crippen molar-refractivity contribution >= 4 is 28.3 Å². The molecule has 0 unspecified atom stereocenters. The Kier molecular flexibility index (Phi) is 4.72. The Morgan fingerprint density at radius 2 is 2.08 bits per heavy atom. The second-order valence-electron chi connectivity index (χ2n) is 6.14. The number of urea groups is 1. The smallest absolute Gasteiger partial charge is 0.317 e. The molecule has 2 amide bonds. The predicted molar refractivity (Wildman–Crippen MR) is 100 cm³/mol. The van der Waals surface area contributed by atoms with Crippen LogP contribution >= 0.6 is 11.3 Å². The molecule has 2 aromatic heterocycles. The lowest BCUT2D eigenvalue weighted by Gasteiger charge is -2.28. The highest BCUT2D eigenvalue weighted by atomic mass is 32.1. The Labute approximate surface area is 150 Å². The van der Waals surface area contributed by atoms with Crippen LogP contribution < -0.4 is 5.32 Å². The summed E-state index contributed by atoms with van der Waals surface area (Å²) in [6.45, 7) is 3.12. The van der Waals surface area contributed by atoms with E-state index in [0.29, 0.717) is 32.8 Å². The van der Waals surface area contributed by atoms with E-state index in [9.17, 15) is 4.79 Å². The van der Waals surface area contributed by atoms with Crippen molar-refractivity contribution in [3.8, 4) is 0 Å². The topological polar surface area (TPSA) is 57.4 Å². The summed E-state index contributed by atoms with van der Waals surface area (Å²) in [5.74, 6) is 0.140. The van der Waals surface area contributed by atoms with E-state index in [0.717, 1.165) is 5.52 Å². The minimum absolute atomic E-state index is 0.00954. The molecule has 1 aromatic carbocycles. The van der Waals surface area contributed by atoms with E-state index >= 15 is 0 Å². The molecule has 0 saturated carbocycles. The van der Waals surface area contributed by atoms with Crippen molar-refractivity contribution in [2.45, 2.75) is 5.92 Å². The molecule has 5 nitrogen and oxygen atoms in total. The number of benzene rings is 1. The Morgan fingerprint density at radius 3 is 2.88 bits per heavy atom. The van der Waals surface area contributed by atoms with Gasteiger partial charge in [-0.1, -0.05) is 24.3 Å². The summed E-state index contributed by atoms with van der Waals surface area (Å²) in [6.07, 6.45) is 2.07. The maximum Gasteiger partial charge on any atom is 0.317 e. The Hall–Kier alpha value is -2.31. The van der Waals surface area contributed by atoms with Crippen LogP contribution in [0.25, 0.3) is 10.9 Å². The van der Waals surface area contributed by atoms with Crippen LogP contribution in [0.3, 0.4) is 0 Å². The first kappa shape index (κ1) is 16.2. The number of carbonyl (C=O) groups is 1. The number of nitrogens with zero attached hydrogens (tertiary/aromatic N) is 1. The van der Waals surface area contributed by atoms with Crippen molar-refractivity contribution in [1.29, 1.82) is 0 Å². The number of H-pyrrole nitrogens is 1. The molecule has 0 radical (unpaired) electrons.